The number of aromatic carboxylic acids is 1. The first-order valence-corrected chi connectivity index (χ1v) is 8.73. The molecule has 0 fully saturated rings. The third-order valence-electron chi connectivity index (χ3n) is 3.58. The van der Waals surface area contributed by atoms with Gasteiger partial charge in [-0.05, 0) is 23.1 Å². The highest BCUT2D eigenvalue weighted by atomic mass is 32.1. The molecule has 0 aliphatic carbocycles. The summed E-state index contributed by atoms with van der Waals surface area (Å²) in [6.45, 7) is 0.667. The van der Waals surface area contributed by atoms with Crippen molar-refractivity contribution in [3.63, 3.8) is 0 Å². The minimum atomic E-state index is -0.906. The molecule has 0 aliphatic rings. The summed E-state index contributed by atoms with van der Waals surface area (Å²) in [7, 11) is 0. The summed E-state index contributed by atoms with van der Waals surface area (Å²) >= 11 is 2.86. The monoisotopic (exact) mass is 340 g/mol. The molecule has 23 heavy (non-hydrogen) atoms. The zero-order chi connectivity index (χ0) is 15.8. The predicted molar refractivity (Wildman–Crippen MR) is 93.4 cm³/mol. The van der Waals surface area contributed by atoms with Crippen molar-refractivity contribution in [3.8, 4) is 10.7 Å². The van der Waals surface area contributed by atoms with Crippen LogP contribution in [0.15, 0.2) is 53.9 Å². The van der Waals surface area contributed by atoms with Gasteiger partial charge in [-0.3, -0.25) is 0 Å². The van der Waals surface area contributed by atoms with Crippen molar-refractivity contribution < 1.29 is 9.90 Å². The summed E-state index contributed by atoms with van der Waals surface area (Å²) in [6.07, 6.45) is 0. The van der Waals surface area contributed by atoms with Crippen LogP contribution in [0.4, 0.5) is 0 Å². The van der Waals surface area contributed by atoms with E-state index in [1.807, 2.05) is 35.7 Å². The summed E-state index contributed by atoms with van der Waals surface area (Å²) in [4.78, 5) is 18.1. The number of hydrogen-bond donors (Lipinski definition) is 1. The Balaban J connectivity index is 1.89. The maximum atomic E-state index is 11.2. The average molecular weight is 340 g/mol. The lowest BCUT2D eigenvalue weighted by atomic mass is 10.2. The second-order valence-corrected chi connectivity index (χ2v) is 7.07. The average Bonchev–Trinajstić information content (AvgIpc) is 3.25. The van der Waals surface area contributed by atoms with Crippen molar-refractivity contribution >= 4 is 39.0 Å². The van der Waals surface area contributed by atoms with Crippen LogP contribution in [0.2, 0.25) is 0 Å². The highest BCUT2D eigenvalue weighted by Crippen LogP contribution is 2.33. The van der Waals surface area contributed by atoms with Gasteiger partial charge in [-0.2, -0.15) is 0 Å². The maximum absolute atomic E-state index is 11.2. The molecule has 4 nitrogen and oxygen atoms in total. The van der Waals surface area contributed by atoms with E-state index in [1.54, 1.807) is 17.4 Å². The van der Waals surface area contributed by atoms with Crippen LogP contribution in [0.5, 0.6) is 0 Å². The minimum Gasteiger partial charge on any atom is -0.477 e. The molecule has 0 saturated carbocycles. The van der Waals surface area contributed by atoms with Gasteiger partial charge in [-0.15, -0.1) is 22.7 Å². The molecule has 1 N–H and O–H groups in total. The Bertz CT molecular complexity index is 969. The van der Waals surface area contributed by atoms with Crippen molar-refractivity contribution in [2.45, 2.75) is 6.54 Å². The van der Waals surface area contributed by atoms with Crippen molar-refractivity contribution in [2.75, 3.05) is 0 Å². The molecule has 3 aromatic heterocycles. The SMILES string of the molecule is O=C(O)c1cc2c(nc(-c3cccs3)n2Cc2ccccc2)s1. The lowest BCUT2D eigenvalue weighted by Gasteiger charge is -2.08. The van der Waals surface area contributed by atoms with Crippen LogP contribution in [-0.4, -0.2) is 20.6 Å². The number of rotatable bonds is 4. The van der Waals surface area contributed by atoms with Gasteiger partial charge in [0.1, 0.15) is 9.71 Å². The Hall–Kier alpha value is -2.44. The fourth-order valence-corrected chi connectivity index (χ4v) is 4.14. The fraction of sp³-hybridized carbons (Fsp3) is 0.0588. The van der Waals surface area contributed by atoms with E-state index in [0.717, 1.165) is 26.6 Å². The number of carboxylic acid groups (broad SMARTS) is 1. The molecule has 6 heteroatoms. The Morgan fingerprint density at radius 1 is 1.17 bits per heavy atom. The van der Waals surface area contributed by atoms with E-state index in [2.05, 4.69) is 21.7 Å². The standard InChI is InChI=1S/C17H12N2O2S2/c20-17(21)14-9-12-16(23-14)18-15(13-7-4-8-22-13)19(12)10-11-5-2-1-3-6-11/h1-9H,10H2,(H,20,21). The van der Waals surface area contributed by atoms with E-state index in [4.69, 9.17) is 0 Å². The van der Waals surface area contributed by atoms with E-state index in [9.17, 15) is 9.90 Å². The van der Waals surface area contributed by atoms with Gasteiger partial charge in [0.05, 0.1) is 10.4 Å². The largest absolute Gasteiger partial charge is 0.477 e. The van der Waals surface area contributed by atoms with Crippen LogP contribution in [0.3, 0.4) is 0 Å². The van der Waals surface area contributed by atoms with Gasteiger partial charge in [0.2, 0.25) is 0 Å². The molecule has 0 saturated heterocycles. The van der Waals surface area contributed by atoms with Gasteiger partial charge in [0.15, 0.2) is 5.82 Å². The van der Waals surface area contributed by atoms with Gasteiger partial charge in [0.25, 0.3) is 0 Å². The highest BCUT2D eigenvalue weighted by Gasteiger charge is 2.18. The Kier molecular flexibility index (Phi) is 3.48. The van der Waals surface area contributed by atoms with E-state index >= 15 is 0 Å². The Morgan fingerprint density at radius 2 is 2.00 bits per heavy atom. The first-order chi connectivity index (χ1) is 11.2. The number of carbonyl (C=O) groups is 1. The van der Waals surface area contributed by atoms with Crippen molar-refractivity contribution in [1.29, 1.82) is 0 Å². The smallest absolute Gasteiger partial charge is 0.346 e. The summed E-state index contributed by atoms with van der Waals surface area (Å²) < 4.78 is 2.10. The predicted octanol–water partition coefficient (Wildman–Crippen LogP) is 4.57. The summed E-state index contributed by atoms with van der Waals surface area (Å²) in [5.41, 5.74) is 2.03. The van der Waals surface area contributed by atoms with E-state index in [1.165, 1.54) is 11.3 Å². The number of hydrogen-bond acceptors (Lipinski definition) is 4. The van der Waals surface area contributed by atoms with E-state index < -0.39 is 5.97 Å². The molecular weight excluding hydrogens is 328 g/mol. The van der Waals surface area contributed by atoms with Crippen molar-refractivity contribution in [3.05, 3.63) is 64.4 Å². The second-order valence-electron chi connectivity index (χ2n) is 5.09. The van der Waals surface area contributed by atoms with Crippen LogP contribution in [-0.2, 0) is 6.54 Å². The molecule has 0 spiro atoms. The maximum Gasteiger partial charge on any atom is 0.346 e. The highest BCUT2D eigenvalue weighted by molar-refractivity contribution is 7.20. The molecule has 1 aromatic carbocycles. The number of carboxylic acids is 1. The van der Waals surface area contributed by atoms with Crippen LogP contribution >= 0.6 is 22.7 Å². The van der Waals surface area contributed by atoms with Crippen LogP contribution < -0.4 is 0 Å². The van der Waals surface area contributed by atoms with Crippen LogP contribution in [0, 0.1) is 0 Å². The number of fused-ring (bicyclic) bond motifs is 1. The summed E-state index contributed by atoms with van der Waals surface area (Å²) in [5, 5.41) is 11.2. The van der Waals surface area contributed by atoms with Crippen molar-refractivity contribution in [1.82, 2.24) is 9.55 Å². The van der Waals surface area contributed by atoms with E-state index in [-0.39, 0.29) is 0 Å². The van der Waals surface area contributed by atoms with Crippen LogP contribution in [0.1, 0.15) is 15.2 Å². The molecule has 0 atom stereocenters. The van der Waals surface area contributed by atoms with Gasteiger partial charge < -0.3 is 9.67 Å². The number of aromatic nitrogens is 2. The van der Waals surface area contributed by atoms with Gasteiger partial charge >= 0.3 is 5.97 Å². The molecule has 4 rings (SSSR count). The minimum absolute atomic E-state index is 0.321. The van der Waals surface area contributed by atoms with Gasteiger partial charge in [0, 0.05) is 6.54 Å². The van der Waals surface area contributed by atoms with E-state index in [0.29, 0.717) is 11.4 Å². The molecule has 0 radical (unpaired) electrons. The third kappa shape index (κ3) is 2.56. The number of benzene rings is 1. The summed E-state index contributed by atoms with van der Waals surface area (Å²) in [5.74, 6) is -0.0148. The molecule has 0 unspecified atom stereocenters. The summed E-state index contributed by atoms with van der Waals surface area (Å²) in [6, 6.07) is 15.9. The zero-order valence-electron chi connectivity index (χ0n) is 12.0. The molecular formula is C17H12N2O2S2. The lowest BCUT2D eigenvalue weighted by molar-refractivity contribution is 0.0702. The molecule has 0 bridgehead atoms. The quantitative estimate of drug-likeness (QED) is 0.592. The molecule has 0 aliphatic heterocycles. The molecule has 4 aromatic rings. The Morgan fingerprint density at radius 3 is 2.70 bits per heavy atom. The number of imidazole rings is 1. The molecule has 3 heterocycles. The second kappa shape index (κ2) is 5.64. The van der Waals surface area contributed by atoms with Gasteiger partial charge in [-0.1, -0.05) is 36.4 Å². The van der Waals surface area contributed by atoms with Crippen LogP contribution in [0.25, 0.3) is 21.0 Å². The normalized spacial score (nSPS) is 11.1. The van der Waals surface area contributed by atoms with Gasteiger partial charge in [-0.25, -0.2) is 9.78 Å². The third-order valence-corrected chi connectivity index (χ3v) is 5.46. The molecule has 114 valence electrons. The Labute approximate surface area is 140 Å². The molecule has 0 amide bonds. The first-order valence-electron chi connectivity index (χ1n) is 7.03. The number of thiophene rings is 2. The lowest BCUT2D eigenvalue weighted by Crippen LogP contribution is -2.01. The first kappa shape index (κ1) is 14.2. The number of nitrogens with zero attached hydrogens (tertiary/aromatic N) is 2. The fourth-order valence-electron chi connectivity index (χ4n) is 2.54. The van der Waals surface area contributed by atoms with Crippen molar-refractivity contribution in [2.24, 2.45) is 0 Å². The topological polar surface area (TPSA) is 55.1 Å². The zero-order valence-corrected chi connectivity index (χ0v) is 13.6.